The molecule has 0 spiro atoms. The van der Waals surface area contributed by atoms with Crippen molar-refractivity contribution in [2.24, 2.45) is 0 Å². The fourth-order valence-corrected chi connectivity index (χ4v) is 1.67. The molecular weight excluding hydrogens is 256 g/mol. The monoisotopic (exact) mass is 270 g/mol. The molecule has 1 aromatic carbocycles. The van der Waals surface area contributed by atoms with E-state index >= 15 is 0 Å². The summed E-state index contributed by atoms with van der Waals surface area (Å²) in [6.07, 6.45) is 4.80. The summed E-state index contributed by atoms with van der Waals surface area (Å²) in [7, 11) is 0. The van der Waals surface area contributed by atoms with E-state index in [0.29, 0.717) is 12.2 Å². The summed E-state index contributed by atoms with van der Waals surface area (Å²) < 4.78 is 10.0. The van der Waals surface area contributed by atoms with Crippen LogP contribution in [0.15, 0.2) is 34.5 Å². The minimum absolute atomic E-state index is 0.0168. The Balaban J connectivity index is 2.17. The Bertz CT molecular complexity index is 680. The van der Waals surface area contributed by atoms with Crippen LogP contribution in [0.25, 0.3) is 17.0 Å². The molecule has 1 heterocycles. The maximum atomic E-state index is 11.7. The van der Waals surface area contributed by atoms with Crippen LogP contribution in [-0.2, 0) is 9.53 Å². The van der Waals surface area contributed by atoms with Crippen LogP contribution in [0.3, 0.4) is 0 Å². The van der Waals surface area contributed by atoms with Crippen molar-refractivity contribution in [3.63, 3.8) is 0 Å². The van der Waals surface area contributed by atoms with Crippen LogP contribution in [-0.4, -0.2) is 17.7 Å². The van der Waals surface area contributed by atoms with Crippen LogP contribution >= 0.6 is 0 Å². The summed E-state index contributed by atoms with van der Waals surface area (Å²) in [4.78, 5) is 11.7. The summed E-state index contributed by atoms with van der Waals surface area (Å²) >= 11 is 0. The van der Waals surface area contributed by atoms with Crippen LogP contribution in [0.4, 0.5) is 0 Å². The lowest BCUT2D eigenvalue weighted by atomic mass is 10.1. The summed E-state index contributed by atoms with van der Waals surface area (Å²) in [5.74, 6) is -0.591. The Hall–Kier alpha value is -2.61. The molecule has 2 aromatic rings. The minimum Gasteiger partial charge on any atom is -0.462 e. The second-order valence-electron chi connectivity index (χ2n) is 4.28. The van der Waals surface area contributed by atoms with Gasteiger partial charge in [0.05, 0.1) is 12.8 Å². The maximum Gasteiger partial charge on any atom is 0.348 e. The Morgan fingerprint density at radius 3 is 3.15 bits per heavy atom. The third kappa shape index (κ3) is 3.23. The first-order valence-corrected chi connectivity index (χ1v) is 6.38. The number of carbonyl (C=O) groups is 1. The first-order valence-electron chi connectivity index (χ1n) is 6.38. The zero-order valence-corrected chi connectivity index (χ0v) is 11.1. The third-order valence-electron chi connectivity index (χ3n) is 2.76. The molecule has 0 aliphatic rings. The van der Waals surface area contributed by atoms with Crippen LogP contribution in [0.2, 0.25) is 0 Å². The maximum absolute atomic E-state index is 11.7. The third-order valence-corrected chi connectivity index (χ3v) is 2.76. The molecule has 0 radical (unpaired) electrons. The van der Waals surface area contributed by atoms with Gasteiger partial charge in [-0.25, -0.2) is 4.79 Å². The average Bonchev–Trinajstić information content (AvgIpc) is 2.92. The number of benzene rings is 1. The molecule has 0 N–H and O–H groups in total. The number of hydrogen-bond donors (Lipinski definition) is 0. The average molecular weight is 270 g/mol. The number of fused-ring (bicyclic) bond motifs is 1. The van der Waals surface area contributed by atoms with Gasteiger partial charge in [0, 0.05) is 5.39 Å². The van der Waals surface area contributed by atoms with E-state index in [4.69, 9.17) is 14.5 Å². The smallest absolute Gasteiger partial charge is 0.348 e. The van der Waals surface area contributed by atoms with Gasteiger partial charge in [0.2, 0.25) is 0 Å². The van der Waals surface area contributed by atoms with Crippen LogP contribution in [0.1, 0.15) is 25.3 Å². The molecular formula is C15H14N2O3. The van der Waals surface area contributed by atoms with Crippen LogP contribution in [0, 0.1) is 11.3 Å². The molecule has 0 aliphatic carbocycles. The number of nitriles is 1. The second kappa shape index (κ2) is 6.53. The van der Waals surface area contributed by atoms with Crippen molar-refractivity contribution < 1.29 is 14.1 Å². The Kier molecular flexibility index (Phi) is 4.51. The molecule has 0 aliphatic heterocycles. The zero-order valence-electron chi connectivity index (χ0n) is 11.1. The number of aromatic nitrogens is 1. The number of hydrogen-bond acceptors (Lipinski definition) is 5. The van der Waals surface area contributed by atoms with Gasteiger partial charge in [-0.1, -0.05) is 24.6 Å². The number of ether oxygens (including phenoxy) is 1. The lowest BCUT2D eigenvalue weighted by Crippen LogP contribution is -2.07. The van der Waals surface area contributed by atoms with Gasteiger partial charge < -0.3 is 9.26 Å². The molecule has 0 fully saturated rings. The second-order valence-corrected chi connectivity index (χ2v) is 4.28. The highest BCUT2D eigenvalue weighted by molar-refractivity contribution is 5.98. The van der Waals surface area contributed by atoms with E-state index in [1.54, 1.807) is 24.4 Å². The number of nitrogens with zero attached hydrogens (tertiary/aromatic N) is 2. The van der Waals surface area contributed by atoms with Gasteiger partial charge in [0.1, 0.15) is 11.6 Å². The highest BCUT2D eigenvalue weighted by Gasteiger charge is 2.10. The minimum atomic E-state index is -0.591. The predicted molar refractivity (Wildman–Crippen MR) is 73.5 cm³/mol. The van der Waals surface area contributed by atoms with Crippen LogP contribution < -0.4 is 0 Å². The summed E-state index contributed by atoms with van der Waals surface area (Å²) in [5, 5.41) is 13.5. The first kappa shape index (κ1) is 13.8. The van der Waals surface area contributed by atoms with Gasteiger partial charge in [0.25, 0.3) is 0 Å². The molecule has 5 heteroatoms. The van der Waals surface area contributed by atoms with E-state index in [1.165, 1.54) is 6.08 Å². The summed E-state index contributed by atoms with van der Waals surface area (Å²) in [6, 6.07) is 7.16. The molecule has 0 saturated heterocycles. The molecule has 102 valence electrons. The Morgan fingerprint density at radius 2 is 2.40 bits per heavy atom. The van der Waals surface area contributed by atoms with Crippen molar-refractivity contribution in [3.05, 3.63) is 35.5 Å². The molecule has 5 nitrogen and oxygen atoms in total. The molecule has 2 rings (SSSR count). The molecule has 1 aromatic heterocycles. The van der Waals surface area contributed by atoms with Crippen molar-refractivity contribution in [3.8, 4) is 6.07 Å². The fraction of sp³-hybridized carbons (Fsp3) is 0.267. The molecule has 0 atom stereocenters. The van der Waals surface area contributed by atoms with E-state index < -0.39 is 5.97 Å². The van der Waals surface area contributed by atoms with Gasteiger partial charge in [0.15, 0.2) is 5.58 Å². The number of unbranched alkanes of at least 4 members (excludes halogenated alkanes) is 1. The van der Waals surface area contributed by atoms with Crippen molar-refractivity contribution in [1.82, 2.24) is 5.16 Å². The highest BCUT2D eigenvalue weighted by Crippen LogP contribution is 2.17. The number of carbonyl (C=O) groups excluding carboxylic acids is 1. The molecule has 20 heavy (non-hydrogen) atoms. The van der Waals surface area contributed by atoms with Gasteiger partial charge in [-0.2, -0.15) is 5.26 Å². The van der Waals surface area contributed by atoms with E-state index in [0.717, 1.165) is 23.8 Å². The normalized spacial score (nSPS) is 11.3. The molecule has 0 unspecified atom stereocenters. The summed E-state index contributed by atoms with van der Waals surface area (Å²) in [5.41, 5.74) is 1.37. The number of rotatable bonds is 5. The Morgan fingerprint density at radius 1 is 1.55 bits per heavy atom. The van der Waals surface area contributed by atoms with E-state index in [1.807, 2.05) is 13.0 Å². The van der Waals surface area contributed by atoms with E-state index in [2.05, 4.69) is 5.16 Å². The number of esters is 1. The molecule has 0 saturated carbocycles. The van der Waals surface area contributed by atoms with Gasteiger partial charge in [-0.05, 0) is 30.2 Å². The van der Waals surface area contributed by atoms with Crippen molar-refractivity contribution in [2.75, 3.05) is 6.61 Å². The highest BCUT2D eigenvalue weighted by atomic mass is 16.5. The van der Waals surface area contributed by atoms with Gasteiger partial charge in [-0.3, -0.25) is 0 Å². The van der Waals surface area contributed by atoms with Crippen molar-refractivity contribution >= 4 is 23.0 Å². The van der Waals surface area contributed by atoms with Gasteiger partial charge in [-0.15, -0.1) is 0 Å². The first-order chi connectivity index (χ1) is 9.74. The topological polar surface area (TPSA) is 76.1 Å². The van der Waals surface area contributed by atoms with E-state index in [9.17, 15) is 4.79 Å². The lowest BCUT2D eigenvalue weighted by molar-refractivity contribution is -0.138. The van der Waals surface area contributed by atoms with Crippen molar-refractivity contribution in [2.45, 2.75) is 19.8 Å². The predicted octanol–water partition coefficient (Wildman–Crippen LogP) is 3.08. The SMILES string of the molecule is CCCCOC(=O)C(C#N)=Cc1ccc2oncc2c1. The van der Waals surface area contributed by atoms with Gasteiger partial charge >= 0.3 is 5.97 Å². The van der Waals surface area contributed by atoms with Crippen LogP contribution in [0.5, 0.6) is 0 Å². The zero-order chi connectivity index (χ0) is 14.4. The lowest BCUT2D eigenvalue weighted by Gasteiger charge is -2.02. The fourth-order valence-electron chi connectivity index (χ4n) is 1.67. The Labute approximate surface area is 116 Å². The largest absolute Gasteiger partial charge is 0.462 e. The van der Waals surface area contributed by atoms with Crippen molar-refractivity contribution in [1.29, 1.82) is 5.26 Å². The summed E-state index contributed by atoms with van der Waals surface area (Å²) in [6.45, 7) is 2.34. The van der Waals surface area contributed by atoms with E-state index in [-0.39, 0.29) is 5.57 Å². The standard InChI is InChI=1S/C15H14N2O3/c1-2-3-6-19-15(18)12(9-16)7-11-4-5-14-13(8-11)10-17-20-14/h4-5,7-8,10H,2-3,6H2,1H3. The molecule has 0 amide bonds. The molecule has 0 bridgehead atoms. The quantitative estimate of drug-likeness (QED) is 0.361.